The van der Waals surface area contributed by atoms with Crippen molar-refractivity contribution in [2.45, 2.75) is 18.9 Å². The van der Waals surface area contributed by atoms with Crippen LogP contribution in [-0.4, -0.2) is 28.7 Å². The van der Waals surface area contributed by atoms with Gasteiger partial charge in [-0.3, -0.25) is 0 Å². The molecule has 3 aromatic rings. The molecule has 0 fully saturated rings. The van der Waals surface area contributed by atoms with Crippen LogP contribution in [0.25, 0.3) is 17.0 Å². The maximum absolute atomic E-state index is 9.71. The Balaban J connectivity index is 2.21. The molecule has 2 aromatic heterocycles. The highest BCUT2D eigenvalue weighted by molar-refractivity contribution is 7.93. The molecule has 0 aliphatic heterocycles. The minimum atomic E-state index is 0.624. The summed E-state index contributed by atoms with van der Waals surface area (Å²) in [6, 6.07) is 5.65. The third-order valence-electron chi connectivity index (χ3n) is 3.76. The number of hydrogen-bond donors (Lipinski definition) is 2. The lowest BCUT2D eigenvalue weighted by molar-refractivity contribution is -0.644. The molecule has 6 nitrogen and oxygen atoms in total. The Hall–Kier alpha value is -2.25. The summed E-state index contributed by atoms with van der Waals surface area (Å²) in [5, 5.41) is 0.651. The molecular formula is C16H18N3O3S+. The van der Waals surface area contributed by atoms with Crippen molar-refractivity contribution in [2.24, 2.45) is 0 Å². The van der Waals surface area contributed by atoms with Gasteiger partial charge in [-0.05, 0) is 26.0 Å². The molecule has 0 bridgehead atoms. The molecule has 2 N–H and O–H groups in total. The Morgan fingerprint density at radius 1 is 1.22 bits per heavy atom. The summed E-state index contributed by atoms with van der Waals surface area (Å²) in [6.07, 6.45) is 1.89. The number of imidazole rings is 1. The average Bonchev–Trinajstić information content (AvgIpc) is 2.97. The molecule has 1 aromatic carbocycles. The number of H-pyrrole nitrogens is 1. The standard InChI is InChI=1S/C16H17N3O3S/c1-9-8-19(15(23-20)10(2)14(9)22-4)16-17-12-6-5-11(21-3)7-13(12)18-16/h5-8H,1-4H3,(H-,17,18,20)/p+1. The fourth-order valence-corrected chi connectivity index (χ4v) is 3.14. The maximum Gasteiger partial charge on any atom is 0.402 e. The lowest BCUT2D eigenvalue weighted by Crippen LogP contribution is -2.36. The third kappa shape index (κ3) is 2.62. The monoisotopic (exact) mass is 332 g/mol. The first kappa shape index (κ1) is 15.6. The second-order valence-corrected chi connectivity index (χ2v) is 5.75. The van der Waals surface area contributed by atoms with Gasteiger partial charge in [0.1, 0.15) is 17.0 Å². The molecule has 0 saturated carbocycles. The van der Waals surface area contributed by atoms with E-state index in [4.69, 9.17) is 9.47 Å². The number of aryl methyl sites for hydroxylation is 1. The van der Waals surface area contributed by atoms with E-state index in [9.17, 15) is 4.55 Å². The summed E-state index contributed by atoms with van der Waals surface area (Å²) >= 11 is 0.671. The predicted molar refractivity (Wildman–Crippen MR) is 88.7 cm³/mol. The van der Waals surface area contributed by atoms with Gasteiger partial charge in [0.25, 0.3) is 0 Å². The van der Waals surface area contributed by atoms with E-state index in [1.165, 1.54) is 0 Å². The van der Waals surface area contributed by atoms with Crippen molar-refractivity contribution in [1.29, 1.82) is 0 Å². The van der Waals surface area contributed by atoms with Crippen molar-refractivity contribution in [1.82, 2.24) is 9.97 Å². The molecule has 0 aliphatic rings. The Labute approximate surface area is 138 Å². The lowest BCUT2D eigenvalue weighted by atomic mass is 10.2. The van der Waals surface area contributed by atoms with Gasteiger partial charge in [0.2, 0.25) is 0 Å². The number of methoxy groups -OCH3 is 2. The Bertz CT molecular complexity index is 877. The van der Waals surface area contributed by atoms with Gasteiger partial charge in [-0.1, -0.05) is 4.98 Å². The second kappa shape index (κ2) is 6.10. The number of nitrogens with one attached hydrogen (secondary N) is 1. The number of aromatic amines is 1. The van der Waals surface area contributed by atoms with Crippen molar-refractivity contribution in [3.8, 4) is 17.4 Å². The SMILES string of the molecule is COc1ccc2nc(-[n+]3cc(C)c(OC)c(C)c3SO)[nH]c2c1. The molecule has 3 rings (SSSR count). The number of pyridine rings is 1. The van der Waals surface area contributed by atoms with Crippen LogP contribution in [0.4, 0.5) is 0 Å². The van der Waals surface area contributed by atoms with Crippen LogP contribution in [0.2, 0.25) is 0 Å². The summed E-state index contributed by atoms with van der Waals surface area (Å²) in [5.74, 6) is 2.14. The lowest BCUT2D eigenvalue weighted by Gasteiger charge is -2.12. The van der Waals surface area contributed by atoms with E-state index in [1.807, 2.05) is 42.8 Å². The van der Waals surface area contributed by atoms with E-state index < -0.39 is 0 Å². The number of benzene rings is 1. The highest BCUT2D eigenvalue weighted by atomic mass is 32.2. The van der Waals surface area contributed by atoms with Crippen LogP contribution in [-0.2, 0) is 0 Å². The van der Waals surface area contributed by atoms with Crippen LogP contribution in [0, 0.1) is 13.8 Å². The van der Waals surface area contributed by atoms with E-state index in [0.717, 1.165) is 33.7 Å². The van der Waals surface area contributed by atoms with Crippen molar-refractivity contribution >= 4 is 23.1 Å². The number of rotatable bonds is 4. The van der Waals surface area contributed by atoms with E-state index in [2.05, 4.69) is 9.97 Å². The summed E-state index contributed by atoms with van der Waals surface area (Å²) < 4.78 is 22.2. The van der Waals surface area contributed by atoms with E-state index >= 15 is 0 Å². The Morgan fingerprint density at radius 3 is 2.65 bits per heavy atom. The fourth-order valence-electron chi connectivity index (χ4n) is 2.68. The van der Waals surface area contributed by atoms with Crippen LogP contribution >= 0.6 is 12.0 Å². The molecule has 0 saturated heterocycles. The minimum Gasteiger partial charge on any atom is -0.497 e. The fraction of sp³-hybridized carbons (Fsp3) is 0.250. The highest BCUT2D eigenvalue weighted by Gasteiger charge is 2.22. The molecule has 0 unspecified atom stereocenters. The van der Waals surface area contributed by atoms with Gasteiger partial charge in [-0.25, -0.2) is 4.98 Å². The van der Waals surface area contributed by atoms with Crippen LogP contribution in [0.5, 0.6) is 11.5 Å². The molecule has 0 radical (unpaired) electrons. The quantitative estimate of drug-likeness (QED) is 0.567. The minimum absolute atomic E-state index is 0.624. The predicted octanol–water partition coefficient (Wildman–Crippen LogP) is 3.04. The first-order valence-electron chi connectivity index (χ1n) is 7.04. The van der Waals surface area contributed by atoms with Gasteiger partial charge in [0.05, 0.1) is 32.5 Å². The molecule has 120 valence electrons. The summed E-state index contributed by atoms with van der Waals surface area (Å²) in [5.41, 5.74) is 3.51. The molecule has 23 heavy (non-hydrogen) atoms. The van der Waals surface area contributed by atoms with Crippen LogP contribution < -0.4 is 14.0 Å². The van der Waals surface area contributed by atoms with Gasteiger partial charge < -0.3 is 14.0 Å². The summed E-state index contributed by atoms with van der Waals surface area (Å²) in [6.45, 7) is 3.87. The molecule has 0 aliphatic carbocycles. The zero-order chi connectivity index (χ0) is 16.6. The van der Waals surface area contributed by atoms with Crippen LogP contribution in [0.15, 0.2) is 29.4 Å². The second-order valence-electron chi connectivity index (χ2n) is 5.18. The smallest absolute Gasteiger partial charge is 0.402 e. The van der Waals surface area contributed by atoms with Gasteiger partial charge >= 0.3 is 5.95 Å². The normalized spacial score (nSPS) is 11.0. The number of fused-ring (bicyclic) bond motifs is 1. The van der Waals surface area contributed by atoms with Crippen molar-refractivity contribution < 1.29 is 18.6 Å². The van der Waals surface area contributed by atoms with Gasteiger partial charge in [0, 0.05) is 17.2 Å². The zero-order valence-corrected chi connectivity index (χ0v) is 14.2. The average molecular weight is 332 g/mol. The molecule has 2 heterocycles. The maximum atomic E-state index is 9.71. The molecule has 0 amide bonds. The van der Waals surface area contributed by atoms with E-state index in [0.29, 0.717) is 23.0 Å². The van der Waals surface area contributed by atoms with E-state index in [-0.39, 0.29) is 0 Å². The molecular weight excluding hydrogens is 314 g/mol. The molecule has 0 atom stereocenters. The topological polar surface area (TPSA) is 71.2 Å². The Kier molecular flexibility index (Phi) is 4.14. The highest BCUT2D eigenvalue weighted by Crippen LogP contribution is 2.29. The van der Waals surface area contributed by atoms with Gasteiger partial charge in [-0.2, -0.15) is 4.57 Å². The third-order valence-corrected chi connectivity index (χ3v) is 4.43. The largest absolute Gasteiger partial charge is 0.497 e. The van der Waals surface area contributed by atoms with Crippen LogP contribution in [0.3, 0.4) is 0 Å². The first-order chi connectivity index (χ1) is 11.1. The number of nitrogens with zero attached hydrogens (tertiary/aromatic N) is 2. The molecule has 7 heteroatoms. The molecule has 0 spiro atoms. The zero-order valence-electron chi connectivity index (χ0n) is 13.4. The number of ether oxygens (including phenoxy) is 2. The summed E-state index contributed by atoms with van der Waals surface area (Å²) in [4.78, 5) is 7.85. The van der Waals surface area contributed by atoms with Crippen molar-refractivity contribution in [3.05, 3.63) is 35.5 Å². The number of aromatic nitrogens is 3. The van der Waals surface area contributed by atoms with Gasteiger partial charge in [0.15, 0.2) is 10.5 Å². The van der Waals surface area contributed by atoms with Gasteiger partial charge in [-0.15, -0.1) is 0 Å². The first-order valence-corrected chi connectivity index (χ1v) is 7.81. The number of hydrogen-bond acceptors (Lipinski definition) is 5. The summed E-state index contributed by atoms with van der Waals surface area (Å²) in [7, 11) is 3.25. The Morgan fingerprint density at radius 2 is 2.00 bits per heavy atom. The van der Waals surface area contributed by atoms with Crippen LogP contribution in [0.1, 0.15) is 11.1 Å². The van der Waals surface area contributed by atoms with Crippen molar-refractivity contribution in [2.75, 3.05) is 14.2 Å². The van der Waals surface area contributed by atoms with Crippen molar-refractivity contribution in [3.63, 3.8) is 0 Å². The van der Waals surface area contributed by atoms with E-state index in [1.54, 1.807) is 14.2 Å².